The summed E-state index contributed by atoms with van der Waals surface area (Å²) in [6.45, 7) is 10.1. The van der Waals surface area contributed by atoms with E-state index in [9.17, 15) is 20.1 Å². The number of carbonyl (C=O) groups excluding carboxylic acids is 1. The highest BCUT2D eigenvalue weighted by Gasteiger charge is 2.86. The van der Waals surface area contributed by atoms with Gasteiger partial charge in [0.25, 0.3) is 0 Å². The molecule has 6 fully saturated rings. The van der Waals surface area contributed by atoms with Crippen molar-refractivity contribution in [1.82, 2.24) is 0 Å². The molecule has 2 heterocycles. The maximum Gasteiger partial charge on any atom is 0.303 e. The van der Waals surface area contributed by atoms with E-state index in [1.807, 2.05) is 0 Å². The molecular weight excluding hydrogens is 360 g/mol. The van der Waals surface area contributed by atoms with Gasteiger partial charge in [0.2, 0.25) is 5.79 Å². The van der Waals surface area contributed by atoms with Crippen LogP contribution in [0, 0.1) is 34.0 Å². The molecule has 4 bridgehead atoms. The maximum atomic E-state index is 12.1. The van der Waals surface area contributed by atoms with Gasteiger partial charge in [-0.1, -0.05) is 26.8 Å². The van der Waals surface area contributed by atoms with Crippen LogP contribution in [0.1, 0.15) is 52.9 Å². The average molecular weight is 392 g/mol. The molecule has 0 aromatic heterocycles. The van der Waals surface area contributed by atoms with E-state index in [4.69, 9.17) is 9.47 Å². The third-order valence-corrected chi connectivity index (χ3v) is 9.27. The predicted molar refractivity (Wildman–Crippen MR) is 99.8 cm³/mol. The molecule has 0 aromatic rings. The molecule has 0 unspecified atom stereocenters. The number of carbonyl (C=O) groups is 1. The summed E-state index contributed by atoms with van der Waals surface area (Å²) < 4.78 is 11.9. The highest BCUT2D eigenvalue weighted by Crippen LogP contribution is 2.77. The molecule has 0 aromatic carbocycles. The summed E-state index contributed by atoms with van der Waals surface area (Å²) in [5.74, 6) is -2.86. The second kappa shape index (κ2) is 5.39. The van der Waals surface area contributed by atoms with Crippen LogP contribution >= 0.6 is 0 Å². The van der Waals surface area contributed by atoms with E-state index in [1.54, 1.807) is 0 Å². The van der Waals surface area contributed by atoms with E-state index < -0.39 is 35.5 Å². The van der Waals surface area contributed by atoms with Crippen molar-refractivity contribution in [2.75, 3.05) is 6.61 Å². The zero-order valence-electron chi connectivity index (χ0n) is 17.0. The number of aliphatic hydroxyl groups is 3. The topological polar surface area (TPSA) is 96.2 Å². The Kier molecular flexibility index (Phi) is 3.67. The van der Waals surface area contributed by atoms with Crippen molar-refractivity contribution in [2.24, 2.45) is 34.0 Å². The molecule has 28 heavy (non-hydrogen) atoms. The summed E-state index contributed by atoms with van der Waals surface area (Å²) >= 11 is 0. The lowest BCUT2D eigenvalue weighted by atomic mass is 9.36. The van der Waals surface area contributed by atoms with E-state index in [0.29, 0.717) is 12.2 Å². The van der Waals surface area contributed by atoms with Crippen LogP contribution in [0.4, 0.5) is 0 Å². The second-order valence-electron chi connectivity index (χ2n) is 10.7. The predicted octanol–water partition coefficient (Wildman–Crippen LogP) is 1.77. The molecule has 6 rings (SSSR count). The minimum Gasteiger partial charge on any atom is -0.456 e. The number of aliphatic hydroxyl groups excluding tert-OH is 2. The van der Waals surface area contributed by atoms with Gasteiger partial charge in [-0.3, -0.25) is 4.79 Å². The molecule has 6 heteroatoms. The first kappa shape index (κ1) is 19.0. The van der Waals surface area contributed by atoms with E-state index in [2.05, 4.69) is 20.4 Å². The van der Waals surface area contributed by atoms with E-state index in [0.717, 1.165) is 32.1 Å². The highest BCUT2D eigenvalue weighted by atomic mass is 16.7. The van der Waals surface area contributed by atoms with Gasteiger partial charge in [0.1, 0.15) is 0 Å². The largest absolute Gasteiger partial charge is 0.456 e. The monoisotopic (exact) mass is 392 g/mol. The summed E-state index contributed by atoms with van der Waals surface area (Å²) in [4.78, 5) is 12.1. The fourth-order valence-corrected chi connectivity index (χ4v) is 8.53. The van der Waals surface area contributed by atoms with E-state index >= 15 is 0 Å². The molecule has 2 aliphatic heterocycles. The Morgan fingerprint density at radius 3 is 2.64 bits per heavy atom. The van der Waals surface area contributed by atoms with Crippen molar-refractivity contribution in [3.8, 4) is 0 Å². The molecule has 4 aliphatic carbocycles. The number of ether oxygens (including phenoxy) is 2. The SMILES string of the molecule is C=C1[C@@H](O)[C@]23[C@H](O)[C@H]1CC[C@H]2[C@]12CCCC(C)(C)[C@H]1[C@H](OC(C)=O)[C@@]3(O)OC2. The number of hydrogen-bond donors (Lipinski definition) is 3. The lowest BCUT2D eigenvalue weighted by molar-refractivity contribution is -0.467. The van der Waals surface area contributed by atoms with Crippen LogP contribution in [0.5, 0.6) is 0 Å². The maximum absolute atomic E-state index is 12.1. The van der Waals surface area contributed by atoms with Crippen LogP contribution in [0.2, 0.25) is 0 Å². The third-order valence-electron chi connectivity index (χ3n) is 9.27. The van der Waals surface area contributed by atoms with Crippen molar-refractivity contribution in [1.29, 1.82) is 0 Å². The van der Waals surface area contributed by atoms with Crippen LogP contribution in [-0.4, -0.2) is 52.0 Å². The first-order valence-electron chi connectivity index (χ1n) is 10.6. The standard InChI is InChI=1S/C22H32O6/c1-11-13-6-7-14-20-9-5-8-19(3,4)15(20)18(28-12(2)23)22(26,27-10-20)21(14,16(11)24)17(13)25/h13-18,24-26H,1,5-10H2,2-4H3/t13-,14-,15+,16+,17+,18-,20+,21-,22+/m0/s1. The highest BCUT2D eigenvalue weighted by molar-refractivity contribution is 5.66. The summed E-state index contributed by atoms with van der Waals surface area (Å²) in [7, 11) is 0. The van der Waals surface area contributed by atoms with Crippen LogP contribution in [0.15, 0.2) is 12.2 Å². The van der Waals surface area contributed by atoms with Gasteiger partial charge in [0, 0.05) is 24.2 Å². The third kappa shape index (κ3) is 1.79. The van der Waals surface area contributed by atoms with Crippen LogP contribution < -0.4 is 0 Å². The van der Waals surface area contributed by atoms with Gasteiger partial charge < -0.3 is 24.8 Å². The molecule has 6 nitrogen and oxygen atoms in total. The summed E-state index contributed by atoms with van der Waals surface area (Å²) in [6, 6.07) is 0. The quantitative estimate of drug-likeness (QED) is 0.465. The Bertz CT molecular complexity index is 747. The lowest BCUT2D eigenvalue weighted by Gasteiger charge is -2.75. The van der Waals surface area contributed by atoms with Crippen molar-refractivity contribution in [3.63, 3.8) is 0 Å². The fraction of sp³-hybridized carbons (Fsp3) is 0.864. The van der Waals surface area contributed by atoms with Crippen molar-refractivity contribution >= 4 is 5.97 Å². The summed E-state index contributed by atoms with van der Waals surface area (Å²) in [5, 5.41) is 34.8. The van der Waals surface area contributed by atoms with E-state index in [1.165, 1.54) is 6.92 Å². The van der Waals surface area contributed by atoms with Gasteiger partial charge in [-0.05, 0) is 42.6 Å². The summed E-state index contributed by atoms with van der Waals surface area (Å²) in [6.07, 6.45) is 1.49. The van der Waals surface area contributed by atoms with E-state index in [-0.39, 0.29) is 28.6 Å². The molecule has 6 aliphatic rings. The Labute approximate surface area is 165 Å². The van der Waals surface area contributed by atoms with Crippen molar-refractivity contribution in [3.05, 3.63) is 12.2 Å². The van der Waals surface area contributed by atoms with Gasteiger partial charge in [0.05, 0.1) is 24.2 Å². The van der Waals surface area contributed by atoms with Gasteiger partial charge in [-0.15, -0.1) is 0 Å². The van der Waals surface area contributed by atoms with Gasteiger partial charge in [0.15, 0.2) is 6.10 Å². The molecule has 2 saturated heterocycles. The smallest absolute Gasteiger partial charge is 0.303 e. The van der Waals surface area contributed by atoms with Gasteiger partial charge in [-0.2, -0.15) is 0 Å². The Morgan fingerprint density at radius 2 is 1.96 bits per heavy atom. The molecule has 0 amide bonds. The molecule has 9 atom stereocenters. The Morgan fingerprint density at radius 1 is 1.25 bits per heavy atom. The van der Waals surface area contributed by atoms with Crippen molar-refractivity contribution < 1.29 is 29.6 Å². The second-order valence-corrected chi connectivity index (χ2v) is 10.7. The fourth-order valence-electron chi connectivity index (χ4n) is 8.53. The molecular formula is C22H32O6. The molecule has 156 valence electrons. The summed E-state index contributed by atoms with van der Waals surface area (Å²) in [5.41, 5.74) is -1.22. The molecule has 0 radical (unpaired) electrons. The first-order chi connectivity index (χ1) is 13.0. The molecule has 3 N–H and O–H groups in total. The normalized spacial score (nSPS) is 56.1. The average Bonchev–Trinajstić information content (AvgIpc) is 2.72. The zero-order valence-corrected chi connectivity index (χ0v) is 17.0. The minimum atomic E-state index is -1.93. The number of hydrogen-bond acceptors (Lipinski definition) is 6. The number of rotatable bonds is 1. The molecule has 2 spiro atoms. The van der Waals surface area contributed by atoms with Crippen LogP contribution in [0.3, 0.4) is 0 Å². The molecule has 4 saturated carbocycles. The zero-order chi connectivity index (χ0) is 20.3. The Balaban J connectivity index is 1.78. The van der Waals surface area contributed by atoms with Gasteiger partial charge >= 0.3 is 5.97 Å². The van der Waals surface area contributed by atoms with Gasteiger partial charge in [-0.25, -0.2) is 0 Å². The first-order valence-corrected chi connectivity index (χ1v) is 10.6. The lowest BCUT2D eigenvalue weighted by Crippen LogP contribution is -2.84. The van der Waals surface area contributed by atoms with Crippen LogP contribution in [-0.2, 0) is 14.3 Å². The number of fused-ring (bicyclic) bond motifs is 2. The Hall–Kier alpha value is -0.950. The minimum absolute atomic E-state index is 0.0863. The number of esters is 1. The van der Waals surface area contributed by atoms with Crippen molar-refractivity contribution in [2.45, 2.75) is 77.0 Å². The van der Waals surface area contributed by atoms with Crippen LogP contribution in [0.25, 0.3) is 0 Å².